The van der Waals surface area contributed by atoms with E-state index < -0.39 is 26.6 Å². The first-order chi connectivity index (χ1) is 21.3. The van der Waals surface area contributed by atoms with Gasteiger partial charge in [0.1, 0.15) is 12.4 Å². The average Bonchev–Trinajstić information content (AvgIpc) is 3.14. The van der Waals surface area contributed by atoms with Gasteiger partial charge in [0.05, 0.1) is 49.6 Å². The summed E-state index contributed by atoms with van der Waals surface area (Å²) in [5.41, 5.74) is 2.99. The molecule has 45 heavy (non-hydrogen) atoms. The maximum Gasteiger partial charge on any atom is 0.407 e. The molecular formula is C34H45N3O7Si. The molecule has 2 bridgehead atoms. The Labute approximate surface area is 266 Å². The van der Waals surface area contributed by atoms with Crippen molar-refractivity contribution in [1.82, 2.24) is 14.7 Å². The normalized spacial score (nSPS) is 24.0. The molecule has 0 aliphatic carbocycles. The zero-order valence-electron chi connectivity index (χ0n) is 27.0. The van der Waals surface area contributed by atoms with Crippen molar-refractivity contribution in [3.8, 4) is 5.75 Å². The van der Waals surface area contributed by atoms with Gasteiger partial charge >= 0.3 is 6.09 Å². The van der Waals surface area contributed by atoms with E-state index in [-0.39, 0.29) is 48.6 Å². The summed E-state index contributed by atoms with van der Waals surface area (Å²) in [6.45, 7) is 13.0. The maximum atomic E-state index is 14.1. The third kappa shape index (κ3) is 6.09. The molecule has 10 nitrogen and oxygen atoms in total. The second-order valence-electron chi connectivity index (χ2n) is 14.3. The molecule has 0 saturated carbocycles. The van der Waals surface area contributed by atoms with Crippen LogP contribution in [0.1, 0.15) is 65.5 Å². The summed E-state index contributed by atoms with van der Waals surface area (Å²) in [6.07, 6.45) is 0.842. The van der Waals surface area contributed by atoms with E-state index in [4.69, 9.17) is 13.9 Å². The minimum atomic E-state index is -2.38. The van der Waals surface area contributed by atoms with Gasteiger partial charge < -0.3 is 28.8 Å². The van der Waals surface area contributed by atoms with E-state index in [9.17, 15) is 19.5 Å². The van der Waals surface area contributed by atoms with Crippen molar-refractivity contribution in [3.05, 3.63) is 64.7 Å². The molecule has 0 spiro atoms. The van der Waals surface area contributed by atoms with Gasteiger partial charge in [-0.1, -0.05) is 45.0 Å². The summed E-state index contributed by atoms with van der Waals surface area (Å²) in [6, 6.07) is 12.7. The number of rotatable bonds is 6. The summed E-state index contributed by atoms with van der Waals surface area (Å²) in [4.78, 5) is 45.4. The van der Waals surface area contributed by atoms with Crippen molar-refractivity contribution in [2.45, 2.75) is 88.9 Å². The lowest BCUT2D eigenvalue weighted by Crippen LogP contribution is -2.58. The van der Waals surface area contributed by atoms with E-state index in [0.29, 0.717) is 43.1 Å². The van der Waals surface area contributed by atoms with Gasteiger partial charge in [0.2, 0.25) is 0 Å². The van der Waals surface area contributed by atoms with Crippen LogP contribution in [0.3, 0.4) is 0 Å². The van der Waals surface area contributed by atoms with Crippen LogP contribution in [-0.4, -0.2) is 103 Å². The van der Waals surface area contributed by atoms with Gasteiger partial charge in [0.25, 0.3) is 11.8 Å². The van der Waals surface area contributed by atoms with E-state index in [1.54, 1.807) is 23.1 Å². The largest absolute Gasteiger partial charge is 0.491 e. The van der Waals surface area contributed by atoms with Crippen LogP contribution in [0.4, 0.5) is 4.79 Å². The Balaban J connectivity index is 1.28. The molecular weight excluding hydrogens is 590 g/mol. The number of amides is 3. The summed E-state index contributed by atoms with van der Waals surface area (Å²) >= 11 is 0. The molecule has 242 valence electrons. The molecule has 3 unspecified atom stereocenters. The number of carbonyl (C=O) groups excluding carboxylic acids is 2. The van der Waals surface area contributed by atoms with Crippen molar-refractivity contribution in [3.63, 3.8) is 0 Å². The number of benzene rings is 2. The van der Waals surface area contributed by atoms with Gasteiger partial charge in [0.15, 0.2) is 8.32 Å². The summed E-state index contributed by atoms with van der Waals surface area (Å²) in [5.74, 6) is 0.129. The third-order valence-corrected chi connectivity index (χ3v) is 15.0. The number of fused-ring (bicyclic) bond motifs is 4. The third-order valence-electron chi connectivity index (χ3n) is 10.5. The molecule has 2 aromatic carbocycles. The highest BCUT2D eigenvalue weighted by Crippen LogP contribution is 2.39. The van der Waals surface area contributed by atoms with E-state index in [1.165, 1.54) is 4.90 Å². The molecule has 3 amide bonds. The Hall–Kier alpha value is -3.41. The fourth-order valence-corrected chi connectivity index (χ4v) is 8.21. The Bertz CT molecular complexity index is 1460. The van der Waals surface area contributed by atoms with Crippen LogP contribution >= 0.6 is 0 Å². The smallest absolute Gasteiger partial charge is 0.407 e. The van der Waals surface area contributed by atoms with Gasteiger partial charge in [-0.3, -0.25) is 14.5 Å². The summed E-state index contributed by atoms with van der Waals surface area (Å²) in [5, 5.41) is 10.2. The molecule has 4 atom stereocenters. The first-order valence-electron chi connectivity index (χ1n) is 16.0. The SMILES string of the molecule is CC(C)(C)[Si](C)(C)OC(CN1CCOc2cc(C(=O)N3C4CCC3COC4)ccc2C1=O)[C@@H]1Cc2ccccc2CN1C(=O)O. The van der Waals surface area contributed by atoms with Crippen LogP contribution < -0.4 is 4.74 Å². The number of ether oxygens (including phenoxy) is 2. The molecule has 6 rings (SSSR count). The number of carbonyl (C=O) groups is 3. The lowest BCUT2D eigenvalue weighted by molar-refractivity contribution is -0.00717. The van der Waals surface area contributed by atoms with Crippen LogP contribution in [-0.2, 0) is 22.1 Å². The zero-order chi connectivity index (χ0) is 32.1. The maximum absolute atomic E-state index is 14.1. The van der Waals surface area contributed by atoms with Crippen molar-refractivity contribution >= 4 is 26.2 Å². The summed E-state index contributed by atoms with van der Waals surface area (Å²) in [7, 11) is -2.38. The number of hydrogen-bond acceptors (Lipinski definition) is 6. The first kappa shape index (κ1) is 31.6. The van der Waals surface area contributed by atoms with Crippen LogP contribution in [0.2, 0.25) is 18.1 Å². The van der Waals surface area contributed by atoms with Crippen molar-refractivity contribution in [1.29, 1.82) is 0 Å². The minimum absolute atomic E-state index is 0.0556. The zero-order valence-corrected chi connectivity index (χ0v) is 28.0. The number of carboxylic acid groups (broad SMARTS) is 1. The van der Waals surface area contributed by atoms with E-state index in [0.717, 1.165) is 24.0 Å². The fraction of sp³-hybridized carbons (Fsp3) is 0.559. The highest BCUT2D eigenvalue weighted by molar-refractivity contribution is 6.74. The van der Waals surface area contributed by atoms with Crippen molar-refractivity contribution < 1.29 is 33.4 Å². The molecule has 2 aromatic rings. The molecule has 4 heterocycles. The predicted molar refractivity (Wildman–Crippen MR) is 171 cm³/mol. The lowest BCUT2D eigenvalue weighted by Gasteiger charge is -2.46. The van der Waals surface area contributed by atoms with Gasteiger partial charge in [0, 0.05) is 18.7 Å². The molecule has 4 aliphatic heterocycles. The highest BCUT2D eigenvalue weighted by atomic mass is 28.4. The number of nitrogens with zero attached hydrogens (tertiary/aromatic N) is 3. The molecule has 0 radical (unpaired) electrons. The Kier molecular flexibility index (Phi) is 8.47. The Morgan fingerprint density at radius 3 is 2.42 bits per heavy atom. The molecule has 11 heteroatoms. The summed E-state index contributed by atoms with van der Waals surface area (Å²) < 4.78 is 18.7. The molecule has 4 aliphatic rings. The molecule has 2 fully saturated rings. The molecule has 1 N–H and O–H groups in total. The fourth-order valence-electron chi connectivity index (χ4n) is 6.87. The standard InChI is InChI=1S/C34H45N3O7Si/c1-34(2,3)45(4,5)44-30(28-16-22-8-6-7-9-24(22)18-36(28)33(40)41)19-35-14-15-43-29-17-23(10-13-27(29)32(35)39)31(38)37-25-11-12-26(37)21-42-20-25/h6-10,13,17,25-26,28,30H,11-12,14-16,18-21H2,1-5H3,(H,40,41)/t25?,26?,28-,30?/m0/s1. The van der Waals surface area contributed by atoms with Crippen molar-refractivity contribution in [2.75, 3.05) is 32.9 Å². The van der Waals surface area contributed by atoms with E-state index >= 15 is 0 Å². The van der Waals surface area contributed by atoms with Gasteiger partial charge in [-0.05, 0) is 66.7 Å². The van der Waals surface area contributed by atoms with Gasteiger partial charge in [-0.15, -0.1) is 0 Å². The lowest BCUT2D eigenvalue weighted by atomic mass is 9.91. The second-order valence-corrected chi connectivity index (χ2v) is 19.1. The predicted octanol–water partition coefficient (Wildman–Crippen LogP) is 5.02. The Morgan fingerprint density at radius 2 is 1.76 bits per heavy atom. The Morgan fingerprint density at radius 1 is 1.07 bits per heavy atom. The highest BCUT2D eigenvalue weighted by Gasteiger charge is 2.45. The second kappa shape index (κ2) is 12.1. The topological polar surface area (TPSA) is 109 Å². The quantitative estimate of drug-likeness (QED) is 0.444. The molecule has 0 aromatic heterocycles. The van der Waals surface area contributed by atoms with E-state index in [1.807, 2.05) is 29.2 Å². The van der Waals surface area contributed by atoms with Crippen molar-refractivity contribution in [2.24, 2.45) is 0 Å². The first-order valence-corrected chi connectivity index (χ1v) is 19.0. The van der Waals surface area contributed by atoms with Crippen LogP contribution in [0.15, 0.2) is 42.5 Å². The minimum Gasteiger partial charge on any atom is -0.491 e. The average molecular weight is 636 g/mol. The van der Waals surface area contributed by atoms with Gasteiger partial charge in [-0.25, -0.2) is 4.79 Å². The van der Waals surface area contributed by atoms with E-state index in [2.05, 4.69) is 33.9 Å². The van der Waals surface area contributed by atoms with Crippen LogP contribution in [0.25, 0.3) is 0 Å². The monoisotopic (exact) mass is 635 g/mol. The molecule has 2 saturated heterocycles. The van der Waals surface area contributed by atoms with Crippen LogP contribution in [0, 0.1) is 0 Å². The number of morpholine rings is 1. The van der Waals surface area contributed by atoms with Gasteiger partial charge in [-0.2, -0.15) is 0 Å². The number of hydrogen-bond donors (Lipinski definition) is 1. The van der Waals surface area contributed by atoms with Crippen LogP contribution in [0.5, 0.6) is 5.75 Å².